The lowest BCUT2D eigenvalue weighted by Gasteiger charge is -2.38. The molecule has 0 radical (unpaired) electrons. The number of halogens is 2. The Labute approximate surface area is 129 Å². The number of piperazine rings is 1. The second kappa shape index (κ2) is 6.17. The molecule has 5 nitrogen and oxygen atoms in total. The van der Waals surface area contributed by atoms with Crippen LogP contribution in [0.5, 0.6) is 0 Å². The summed E-state index contributed by atoms with van der Waals surface area (Å²) >= 11 is 11.7. The van der Waals surface area contributed by atoms with Gasteiger partial charge in [0.25, 0.3) is 0 Å². The third kappa shape index (κ3) is 3.10. The summed E-state index contributed by atoms with van der Waals surface area (Å²) in [5, 5.41) is 0.561. The van der Waals surface area contributed by atoms with E-state index in [1.807, 2.05) is 7.05 Å². The van der Waals surface area contributed by atoms with E-state index in [9.17, 15) is 8.42 Å². The highest BCUT2D eigenvalue weighted by molar-refractivity contribution is 7.89. The maximum absolute atomic E-state index is 12.7. The van der Waals surface area contributed by atoms with Gasteiger partial charge in [0.1, 0.15) is 0 Å². The molecule has 0 amide bonds. The van der Waals surface area contributed by atoms with Crippen LogP contribution in [0.1, 0.15) is 0 Å². The van der Waals surface area contributed by atoms with Gasteiger partial charge in [-0.15, -0.1) is 0 Å². The second-order valence-electron chi connectivity index (χ2n) is 4.84. The quantitative estimate of drug-likeness (QED) is 0.901. The molecule has 0 aliphatic carbocycles. The predicted octanol–water partition coefficient (Wildman–Crippen LogP) is 1.26. The lowest BCUT2D eigenvalue weighted by atomic mass is 10.2. The summed E-state index contributed by atoms with van der Waals surface area (Å²) in [6.07, 6.45) is 0. The van der Waals surface area contributed by atoms with Gasteiger partial charge in [-0.3, -0.25) is 0 Å². The highest BCUT2D eigenvalue weighted by atomic mass is 35.5. The molecule has 0 saturated carbocycles. The molecule has 0 bridgehead atoms. The van der Waals surface area contributed by atoms with Crippen LogP contribution >= 0.6 is 23.2 Å². The monoisotopic (exact) mass is 337 g/mol. The van der Waals surface area contributed by atoms with Crippen molar-refractivity contribution in [1.29, 1.82) is 0 Å². The van der Waals surface area contributed by atoms with Crippen LogP contribution in [0, 0.1) is 0 Å². The average Bonchev–Trinajstić information content (AvgIpc) is 2.41. The van der Waals surface area contributed by atoms with Crippen molar-refractivity contribution in [3.05, 3.63) is 28.2 Å². The largest absolute Gasteiger partial charge is 0.329 e. The predicted molar refractivity (Wildman–Crippen MR) is 80.7 cm³/mol. The topological polar surface area (TPSA) is 66.6 Å². The molecule has 1 aromatic carbocycles. The molecule has 20 heavy (non-hydrogen) atoms. The van der Waals surface area contributed by atoms with Crippen LogP contribution in [0.4, 0.5) is 0 Å². The fraction of sp³-hybridized carbons (Fsp3) is 0.500. The zero-order chi connectivity index (χ0) is 14.9. The van der Waals surface area contributed by atoms with Gasteiger partial charge in [0.05, 0.1) is 21.0 Å². The van der Waals surface area contributed by atoms with Gasteiger partial charge >= 0.3 is 0 Å². The van der Waals surface area contributed by atoms with Crippen molar-refractivity contribution in [2.75, 3.05) is 33.2 Å². The number of nitrogens with zero attached hydrogens (tertiary/aromatic N) is 2. The van der Waals surface area contributed by atoms with Gasteiger partial charge in [-0.1, -0.05) is 23.2 Å². The van der Waals surface area contributed by atoms with Crippen molar-refractivity contribution in [2.24, 2.45) is 5.73 Å². The molecule has 0 spiro atoms. The lowest BCUT2D eigenvalue weighted by molar-refractivity contribution is 0.164. The van der Waals surface area contributed by atoms with Crippen LogP contribution in [0.15, 0.2) is 23.1 Å². The molecule has 1 heterocycles. The van der Waals surface area contributed by atoms with Crippen molar-refractivity contribution >= 4 is 33.2 Å². The Hall–Kier alpha value is -0.370. The summed E-state index contributed by atoms with van der Waals surface area (Å²) in [4.78, 5) is 2.22. The molecule has 1 saturated heterocycles. The number of nitrogens with two attached hydrogens (primary N) is 1. The number of benzene rings is 1. The van der Waals surface area contributed by atoms with Crippen LogP contribution in [-0.2, 0) is 10.0 Å². The van der Waals surface area contributed by atoms with Crippen LogP contribution in [0.3, 0.4) is 0 Å². The van der Waals surface area contributed by atoms with E-state index in [0.29, 0.717) is 24.7 Å². The number of rotatable bonds is 3. The SMILES string of the molecule is CN1CCN(S(=O)(=O)c2ccc(Cl)c(Cl)c2)C(CN)C1. The fourth-order valence-electron chi connectivity index (χ4n) is 2.28. The molecule has 112 valence electrons. The minimum absolute atomic E-state index is 0.148. The first-order valence-electron chi connectivity index (χ1n) is 6.21. The van der Waals surface area contributed by atoms with Crippen molar-refractivity contribution in [2.45, 2.75) is 10.9 Å². The molecule has 8 heteroatoms. The average molecular weight is 338 g/mol. The molecule has 1 aromatic rings. The zero-order valence-corrected chi connectivity index (χ0v) is 13.4. The lowest BCUT2D eigenvalue weighted by Crippen LogP contribution is -2.56. The molecule has 1 fully saturated rings. The van der Waals surface area contributed by atoms with Crippen LogP contribution < -0.4 is 5.73 Å². The van der Waals surface area contributed by atoms with Gasteiger partial charge in [0.2, 0.25) is 10.0 Å². The smallest absolute Gasteiger partial charge is 0.243 e. The van der Waals surface area contributed by atoms with Crippen molar-refractivity contribution in [1.82, 2.24) is 9.21 Å². The van der Waals surface area contributed by atoms with Gasteiger partial charge in [-0.2, -0.15) is 4.31 Å². The van der Waals surface area contributed by atoms with E-state index in [1.54, 1.807) is 0 Å². The minimum atomic E-state index is -3.60. The van der Waals surface area contributed by atoms with Crippen LogP contribution in [0.2, 0.25) is 10.0 Å². The second-order valence-corrected chi connectivity index (χ2v) is 7.55. The number of likely N-dealkylation sites (N-methyl/N-ethyl adjacent to an activating group) is 1. The van der Waals surface area contributed by atoms with E-state index in [1.165, 1.54) is 22.5 Å². The molecule has 1 aliphatic rings. The Morgan fingerprint density at radius 3 is 2.60 bits per heavy atom. The van der Waals surface area contributed by atoms with Gasteiger partial charge in [-0.05, 0) is 25.2 Å². The van der Waals surface area contributed by atoms with E-state index in [2.05, 4.69) is 4.90 Å². The third-order valence-electron chi connectivity index (χ3n) is 3.40. The van der Waals surface area contributed by atoms with Crippen molar-refractivity contribution in [3.63, 3.8) is 0 Å². The summed E-state index contributed by atoms with van der Waals surface area (Å²) in [6.45, 7) is 2.00. The van der Waals surface area contributed by atoms with E-state index in [-0.39, 0.29) is 22.5 Å². The van der Waals surface area contributed by atoms with Crippen LogP contribution in [-0.4, -0.2) is 56.9 Å². The summed E-state index contributed by atoms with van der Waals surface area (Å²) in [5.41, 5.74) is 5.70. The number of sulfonamides is 1. The fourth-order valence-corrected chi connectivity index (χ4v) is 4.28. The molecular weight excluding hydrogens is 321 g/mol. The summed E-state index contributed by atoms with van der Waals surface area (Å²) in [7, 11) is -1.65. The number of hydrogen-bond acceptors (Lipinski definition) is 4. The van der Waals surface area contributed by atoms with Crippen molar-refractivity contribution < 1.29 is 8.42 Å². The standard InChI is InChI=1S/C12H17Cl2N3O2S/c1-16-4-5-17(9(7-15)8-16)20(18,19)10-2-3-11(13)12(14)6-10/h2-3,6,9H,4-5,7-8,15H2,1H3. The first kappa shape index (κ1) is 16.0. The maximum atomic E-state index is 12.7. The summed E-state index contributed by atoms with van der Waals surface area (Å²) < 4.78 is 26.8. The first-order chi connectivity index (χ1) is 9.36. The Kier molecular flexibility index (Phi) is 4.94. The Balaban J connectivity index is 2.35. The molecule has 2 N–H and O–H groups in total. The van der Waals surface area contributed by atoms with Gasteiger partial charge < -0.3 is 10.6 Å². The molecule has 1 aliphatic heterocycles. The highest BCUT2D eigenvalue weighted by Crippen LogP contribution is 2.27. The normalized spacial score (nSPS) is 22.1. The number of hydrogen-bond donors (Lipinski definition) is 1. The third-order valence-corrected chi connectivity index (χ3v) is 6.09. The van der Waals surface area contributed by atoms with E-state index >= 15 is 0 Å². The van der Waals surface area contributed by atoms with E-state index < -0.39 is 10.0 Å². The molecule has 2 rings (SSSR count). The minimum Gasteiger partial charge on any atom is -0.329 e. The summed E-state index contributed by atoms with van der Waals surface area (Å²) in [6, 6.07) is 4.11. The van der Waals surface area contributed by atoms with Crippen molar-refractivity contribution in [3.8, 4) is 0 Å². The Bertz CT molecular complexity index is 594. The van der Waals surface area contributed by atoms with E-state index in [0.717, 1.165) is 0 Å². The molecule has 1 atom stereocenters. The van der Waals surface area contributed by atoms with Gasteiger partial charge in [0.15, 0.2) is 0 Å². The molecular formula is C12H17Cl2N3O2S. The highest BCUT2D eigenvalue weighted by Gasteiger charge is 2.34. The Morgan fingerprint density at radius 2 is 2.00 bits per heavy atom. The first-order valence-corrected chi connectivity index (χ1v) is 8.41. The zero-order valence-electron chi connectivity index (χ0n) is 11.1. The van der Waals surface area contributed by atoms with Gasteiger partial charge in [0, 0.05) is 26.2 Å². The van der Waals surface area contributed by atoms with Crippen LogP contribution in [0.25, 0.3) is 0 Å². The maximum Gasteiger partial charge on any atom is 0.243 e. The Morgan fingerprint density at radius 1 is 1.30 bits per heavy atom. The summed E-state index contributed by atoms with van der Waals surface area (Å²) in [5.74, 6) is 0. The molecule has 1 unspecified atom stereocenters. The molecule has 0 aromatic heterocycles. The van der Waals surface area contributed by atoms with E-state index in [4.69, 9.17) is 28.9 Å². The van der Waals surface area contributed by atoms with Gasteiger partial charge in [-0.25, -0.2) is 8.42 Å².